The fourth-order valence-electron chi connectivity index (χ4n) is 1.06. The number of rotatable bonds is 3. The first-order valence-corrected chi connectivity index (χ1v) is 4.63. The van der Waals surface area contributed by atoms with Crippen molar-refractivity contribution < 1.29 is 27.5 Å². The van der Waals surface area contributed by atoms with Gasteiger partial charge in [-0.05, 0) is 12.1 Å². The van der Waals surface area contributed by atoms with Crippen molar-refractivity contribution >= 4 is 11.6 Å². The maximum atomic E-state index is 12.8. The Labute approximate surface area is 94.1 Å². The van der Waals surface area contributed by atoms with Gasteiger partial charge in [0.1, 0.15) is 0 Å². The molecule has 0 saturated heterocycles. The molecule has 0 aliphatic heterocycles. The van der Waals surface area contributed by atoms with Crippen molar-refractivity contribution in [3.8, 4) is 5.75 Å². The van der Waals surface area contributed by atoms with Crippen LogP contribution in [-0.2, 0) is 4.79 Å². The average Bonchev–Trinajstić information content (AvgIpc) is 2.20. The van der Waals surface area contributed by atoms with Crippen molar-refractivity contribution in [3.63, 3.8) is 0 Å². The van der Waals surface area contributed by atoms with Crippen molar-refractivity contribution in [2.75, 3.05) is 5.32 Å². The lowest BCUT2D eigenvalue weighted by molar-refractivity contribution is -0.142. The number of phenolic OH excluding ortho intramolecular Hbond substituents is 1. The second kappa shape index (κ2) is 5.03. The predicted molar refractivity (Wildman–Crippen MR) is 52.0 cm³/mol. The molecule has 0 spiro atoms. The van der Waals surface area contributed by atoms with Crippen LogP contribution in [0.5, 0.6) is 5.75 Å². The number of halogens is 4. The van der Waals surface area contributed by atoms with E-state index >= 15 is 0 Å². The van der Waals surface area contributed by atoms with Gasteiger partial charge in [0, 0.05) is 18.2 Å². The van der Waals surface area contributed by atoms with E-state index in [2.05, 4.69) is 5.32 Å². The fraction of sp³-hybridized carbons (Fsp3) is 0.300. The molecule has 0 saturated carbocycles. The highest BCUT2D eigenvalue weighted by atomic mass is 19.4. The van der Waals surface area contributed by atoms with Gasteiger partial charge in [-0.15, -0.1) is 0 Å². The molecule has 0 atom stereocenters. The van der Waals surface area contributed by atoms with Gasteiger partial charge >= 0.3 is 6.18 Å². The number of hydrogen-bond donors (Lipinski definition) is 2. The van der Waals surface area contributed by atoms with Crippen LogP contribution in [0.2, 0.25) is 0 Å². The van der Waals surface area contributed by atoms with Crippen LogP contribution in [0.3, 0.4) is 0 Å². The number of anilines is 1. The highest BCUT2D eigenvalue weighted by Crippen LogP contribution is 2.22. The summed E-state index contributed by atoms with van der Waals surface area (Å²) in [7, 11) is 0. The normalized spacial score (nSPS) is 11.3. The Morgan fingerprint density at radius 3 is 2.53 bits per heavy atom. The molecule has 0 aromatic heterocycles. The van der Waals surface area contributed by atoms with E-state index in [4.69, 9.17) is 5.11 Å². The highest BCUT2D eigenvalue weighted by Gasteiger charge is 2.27. The Morgan fingerprint density at radius 2 is 2.00 bits per heavy atom. The summed E-state index contributed by atoms with van der Waals surface area (Å²) in [6, 6.07) is 3.00. The number of hydrogen-bond acceptors (Lipinski definition) is 2. The predicted octanol–water partition coefficient (Wildman–Crippen LogP) is 2.81. The fourth-order valence-corrected chi connectivity index (χ4v) is 1.06. The Morgan fingerprint density at radius 1 is 1.35 bits per heavy atom. The molecule has 0 bridgehead atoms. The molecule has 0 aliphatic rings. The molecule has 2 N–H and O–H groups in total. The van der Waals surface area contributed by atoms with E-state index in [1.165, 1.54) is 6.07 Å². The van der Waals surface area contributed by atoms with Gasteiger partial charge in [0.15, 0.2) is 11.6 Å². The van der Waals surface area contributed by atoms with Crippen LogP contribution in [-0.4, -0.2) is 17.2 Å². The molecule has 0 fully saturated rings. The molecule has 94 valence electrons. The van der Waals surface area contributed by atoms with E-state index in [1.807, 2.05) is 0 Å². The number of phenols is 1. The van der Waals surface area contributed by atoms with Crippen LogP contribution in [0, 0.1) is 5.82 Å². The van der Waals surface area contributed by atoms with Crippen molar-refractivity contribution in [2.45, 2.75) is 19.0 Å². The zero-order chi connectivity index (χ0) is 13.1. The van der Waals surface area contributed by atoms with Crippen LogP contribution >= 0.6 is 0 Å². The summed E-state index contributed by atoms with van der Waals surface area (Å²) in [5.41, 5.74) is -0.00697. The van der Waals surface area contributed by atoms with Gasteiger partial charge in [-0.3, -0.25) is 4.79 Å². The lowest BCUT2D eigenvalue weighted by Crippen LogP contribution is -2.16. The summed E-state index contributed by atoms with van der Waals surface area (Å²) in [6.45, 7) is 0. The SMILES string of the molecule is O=C(CCC(F)(F)F)Nc1ccc(O)c(F)c1. The zero-order valence-electron chi connectivity index (χ0n) is 8.51. The largest absolute Gasteiger partial charge is 0.505 e. The van der Waals surface area contributed by atoms with Crippen LogP contribution in [0.25, 0.3) is 0 Å². The minimum atomic E-state index is -4.41. The lowest BCUT2D eigenvalue weighted by atomic mass is 10.2. The summed E-state index contributed by atoms with van der Waals surface area (Å²) in [5.74, 6) is -2.43. The number of amides is 1. The average molecular weight is 251 g/mol. The van der Waals surface area contributed by atoms with Crippen molar-refractivity contribution in [3.05, 3.63) is 24.0 Å². The molecule has 0 heterocycles. The van der Waals surface area contributed by atoms with Gasteiger partial charge in [-0.2, -0.15) is 13.2 Å². The van der Waals surface area contributed by atoms with Gasteiger partial charge in [0.25, 0.3) is 0 Å². The Kier molecular flexibility index (Phi) is 3.93. The molecule has 0 unspecified atom stereocenters. The number of carbonyl (C=O) groups excluding carboxylic acids is 1. The molecule has 1 rings (SSSR count). The van der Waals surface area contributed by atoms with Crippen molar-refractivity contribution in [2.24, 2.45) is 0 Å². The highest BCUT2D eigenvalue weighted by molar-refractivity contribution is 5.90. The first-order valence-electron chi connectivity index (χ1n) is 4.63. The molecular weight excluding hydrogens is 242 g/mol. The number of aromatic hydroxyl groups is 1. The number of nitrogens with one attached hydrogen (secondary N) is 1. The van der Waals surface area contributed by atoms with E-state index in [9.17, 15) is 22.4 Å². The summed E-state index contributed by atoms with van der Waals surface area (Å²) >= 11 is 0. The third-order valence-electron chi connectivity index (χ3n) is 1.87. The van der Waals surface area contributed by atoms with Crippen LogP contribution in [0.1, 0.15) is 12.8 Å². The standard InChI is InChI=1S/C10H9F4NO2/c11-7-5-6(1-2-8(7)16)15-9(17)3-4-10(12,13)14/h1-2,5,16H,3-4H2,(H,15,17). The summed E-state index contributed by atoms with van der Waals surface area (Å²) in [6.07, 6.45) is -6.37. The molecule has 7 heteroatoms. The topological polar surface area (TPSA) is 49.3 Å². The van der Waals surface area contributed by atoms with E-state index in [0.717, 1.165) is 12.1 Å². The monoisotopic (exact) mass is 251 g/mol. The smallest absolute Gasteiger partial charge is 0.389 e. The zero-order valence-corrected chi connectivity index (χ0v) is 8.51. The van der Waals surface area contributed by atoms with Crippen LogP contribution in [0.15, 0.2) is 18.2 Å². The number of carbonyl (C=O) groups is 1. The van der Waals surface area contributed by atoms with E-state index in [-0.39, 0.29) is 5.69 Å². The summed E-state index contributed by atoms with van der Waals surface area (Å²) < 4.78 is 48.2. The van der Waals surface area contributed by atoms with Gasteiger partial charge in [-0.25, -0.2) is 4.39 Å². The molecule has 0 radical (unpaired) electrons. The maximum Gasteiger partial charge on any atom is 0.389 e. The maximum absolute atomic E-state index is 12.8. The van der Waals surface area contributed by atoms with E-state index in [0.29, 0.717) is 0 Å². The molecule has 1 aromatic rings. The Bertz CT molecular complexity index is 417. The minimum Gasteiger partial charge on any atom is -0.505 e. The molecular formula is C10H9F4NO2. The summed E-state index contributed by atoms with van der Waals surface area (Å²) in [4.78, 5) is 11.1. The van der Waals surface area contributed by atoms with Crippen LogP contribution < -0.4 is 5.32 Å². The summed E-state index contributed by atoms with van der Waals surface area (Å²) in [5, 5.41) is 10.9. The molecule has 17 heavy (non-hydrogen) atoms. The van der Waals surface area contributed by atoms with Gasteiger partial charge in [0.05, 0.1) is 6.42 Å². The first kappa shape index (κ1) is 13.3. The van der Waals surface area contributed by atoms with E-state index < -0.39 is 36.5 Å². The van der Waals surface area contributed by atoms with E-state index in [1.54, 1.807) is 0 Å². The molecule has 1 amide bonds. The second-order valence-electron chi connectivity index (χ2n) is 3.33. The number of alkyl halides is 3. The Hall–Kier alpha value is -1.79. The quantitative estimate of drug-likeness (QED) is 0.641. The van der Waals surface area contributed by atoms with Gasteiger partial charge in [-0.1, -0.05) is 0 Å². The molecule has 3 nitrogen and oxygen atoms in total. The van der Waals surface area contributed by atoms with Crippen molar-refractivity contribution in [1.29, 1.82) is 0 Å². The lowest BCUT2D eigenvalue weighted by Gasteiger charge is -2.07. The third-order valence-corrected chi connectivity index (χ3v) is 1.87. The number of benzene rings is 1. The Balaban J connectivity index is 2.54. The third kappa shape index (κ3) is 4.71. The molecule has 1 aromatic carbocycles. The van der Waals surface area contributed by atoms with Crippen LogP contribution in [0.4, 0.5) is 23.2 Å². The van der Waals surface area contributed by atoms with Crippen molar-refractivity contribution in [1.82, 2.24) is 0 Å². The van der Waals surface area contributed by atoms with Gasteiger partial charge < -0.3 is 10.4 Å². The first-order chi connectivity index (χ1) is 7.78. The molecule has 0 aliphatic carbocycles. The minimum absolute atomic E-state index is 0.00697. The van der Waals surface area contributed by atoms with Gasteiger partial charge in [0.2, 0.25) is 5.91 Å². The second-order valence-corrected chi connectivity index (χ2v) is 3.33.